The van der Waals surface area contributed by atoms with Gasteiger partial charge in [-0.1, -0.05) is 36.1 Å². The summed E-state index contributed by atoms with van der Waals surface area (Å²) in [6.07, 6.45) is 3.57. The average Bonchev–Trinajstić information content (AvgIpc) is 2.82. The summed E-state index contributed by atoms with van der Waals surface area (Å²) in [6, 6.07) is 13.2. The minimum atomic E-state index is -2.87. The molecule has 2 aromatic rings. The molecule has 1 aliphatic heterocycles. The SMILES string of the molecule is C[C@@H](N)[C@H](NC(=O)c1ccc(C=CC#Cc2ccc(CN3CCS(=O)(=O)CC3)cc2)cc1)C(N)=O. The third kappa shape index (κ3) is 8.07. The van der Waals surface area contributed by atoms with Crippen LogP contribution >= 0.6 is 0 Å². The monoisotopic (exact) mass is 494 g/mol. The fraction of sp³-hybridized carbons (Fsp3) is 0.308. The van der Waals surface area contributed by atoms with E-state index in [1.54, 1.807) is 37.3 Å². The molecule has 1 saturated heterocycles. The molecule has 0 bridgehead atoms. The number of rotatable bonds is 7. The first-order chi connectivity index (χ1) is 16.6. The van der Waals surface area contributed by atoms with Crippen LogP contribution in [0.4, 0.5) is 0 Å². The minimum absolute atomic E-state index is 0.224. The fourth-order valence-electron chi connectivity index (χ4n) is 3.55. The number of amides is 2. The Labute approximate surface area is 206 Å². The molecule has 35 heavy (non-hydrogen) atoms. The van der Waals surface area contributed by atoms with Gasteiger partial charge in [-0.15, -0.1) is 0 Å². The number of allylic oxidation sites excluding steroid dienone is 1. The van der Waals surface area contributed by atoms with Gasteiger partial charge in [0.1, 0.15) is 6.04 Å². The molecule has 1 aliphatic rings. The molecule has 2 amide bonds. The lowest BCUT2D eigenvalue weighted by Crippen LogP contribution is -2.53. The molecule has 0 radical (unpaired) electrons. The van der Waals surface area contributed by atoms with Gasteiger partial charge in [0.15, 0.2) is 9.84 Å². The first kappa shape index (κ1) is 26.2. The number of nitrogens with two attached hydrogens (primary N) is 2. The Hall–Kier alpha value is -3.45. The van der Waals surface area contributed by atoms with E-state index in [0.717, 1.165) is 23.2 Å². The Morgan fingerprint density at radius 1 is 1.09 bits per heavy atom. The van der Waals surface area contributed by atoms with Crippen LogP contribution in [0.2, 0.25) is 0 Å². The van der Waals surface area contributed by atoms with Crippen molar-refractivity contribution in [3.8, 4) is 11.8 Å². The zero-order valence-corrected chi connectivity index (χ0v) is 20.4. The quantitative estimate of drug-likeness (QED) is 0.490. The van der Waals surface area contributed by atoms with Gasteiger partial charge in [-0.05, 0) is 54.5 Å². The van der Waals surface area contributed by atoms with Crippen LogP contribution in [0.5, 0.6) is 0 Å². The Balaban J connectivity index is 1.52. The predicted molar refractivity (Wildman–Crippen MR) is 137 cm³/mol. The number of benzene rings is 2. The van der Waals surface area contributed by atoms with Gasteiger partial charge < -0.3 is 16.8 Å². The number of nitrogens with one attached hydrogen (secondary N) is 1. The van der Waals surface area contributed by atoms with E-state index in [4.69, 9.17) is 11.5 Å². The predicted octanol–water partition coefficient (Wildman–Crippen LogP) is 0.913. The Kier molecular flexibility index (Phi) is 8.82. The molecule has 0 spiro atoms. The molecule has 8 nitrogen and oxygen atoms in total. The molecular formula is C26H30N4O4S. The van der Waals surface area contributed by atoms with Crippen LogP contribution in [0.1, 0.15) is 34.0 Å². The van der Waals surface area contributed by atoms with E-state index in [1.165, 1.54) is 0 Å². The van der Waals surface area contributed by atoms with Gasteiger partial charge in [0.05, 0.1) is 11.5 Å². The number of hydrogen-bond donors (Lipinski definition) is 3. The van der Waals surface area contributed by atoms with E-state index in [0.29, 0.717) is 18.7 Å². The molecule has 1 fully saturated rings. The Morgan fingerprint density at radius 3 is 2.29 bits per heavy atom. The molecule has 0 saturated carbocycles. The van der Waals surface area contributed by atoms with Gasteiger partial charge in [-0.2, -0.15) is 0 Å². The van der Waals surface area contributed by atoms with E-state index >= 15 is 0 Å². The third-order valence-corrected chi connectivity index (χ3v) is 7.27. The number of nitrogens with zero attached hydrogens (tertiary/aromatic N) is 1. The van der Waals surface area contributed by atoms with Gasteiger partial charge in [0.25, 0.3) is 5.91 Å². The molecule has 2 atom stereocenters. The van der Waals surface area contributed by atoms with Crippen LogP contribution in [0, 0.1) is 11.8 Å². The third-order valence-electron chi connectivity index (χ3n) is 5.66. The highest BCUT2D eigenvalue weighted by Crippen LogP contribution is 2.11. The average molecular weight is 495 g/mol. The summed E-state index contributed by atoms with van der Waals surface area (Å²) in [5.41, 5.74) is 14.2. The molecule has 5 N–H and O–H groups in total. The lowest BCUT2D eigenvalue weighted by atomic mass is 10.1. The summed E-state index contributed by atoms with van der Waals surface area (Å²) in [4.78, 5) is 25.9. The van der Waals surface area contributed by atoms with Crippen molar-refractivity contribution in [3.63, 3.8) is 0 Å². The van der Waals surface area contributed by atoms with Crippen molar-refractivity contribution in [3.05, 3.63) is 76.9 Å². The number of sulfone groups is 1. The fourth-order valence-corrected chi connectivity index (χ4v) is 4.83. The Morgan fingerprint density at radius 2 is 1.71 bits per heavy atom. The second-order valence-electron chi connectivity index (χ2n) is 8.56. The highest BCUT2D eigenvalue weighted by molar-refractivity contribution is 7.91. The molecule has 0 aliphatic carbocycles. The second-order valence-corrected chi connectivity index (χ2v) is 10.9. The summed E-state index contributed by atoms with van der Waals surface area (Å²) < 4.78 is 23.1. The second kappa shape index (κ2) is 11.8. The highest BCUT2D eigenvalue weighted by atomic mass is 32.2. The maximum Gasteiger partial charge on any atom is 0.251 e. The van der Waals surface area contributed by atoms with E-state index in [2.05, 4.69) is 22.1 Å². The topological polar surface area (TPSA) is 136 Å². The van der Waals surface area contributed by atoms with Crippen molar-refractivity contribution in [2.75, 3.05) is 24.6 Å². The van der Waals surface area contributed by atoms with Crippen molar-refractivity contribution in [2.24, 2.45) is 11.5 Å². The van der Waals surface area contributed by atoms with E-state index in [9.17, 15) is 18.0 Å². The molecule has 2 aromatic carbocycles. The van der Waals surface area contributed by atoms with Crippen molar-refractivity contribution < 1.29 is 18.0 Å². The van der Waals surface area contributed by atoms with Crippen molar-refractivity contribution in [2.45, 2.75) is 25.6 Å². The molecule has 1 heterocycles. The smallest absolute Gasteiger partial charge is 0.251 e. The summed E-state index contributed by atoms with van der Waals surface area (Å²) in [5, 5.41) is 2.55. The van der Waals surface area contributed by atoms with Gasteiger partial charge in [-0.3, -0.25) is 14.5 Å². The maximum atomic E-state index is 12.3. The summed E-state index contributed by atoms with van der Waals surface area (Å²) >= 11 is 0. The van der Waals surface area contributed by atoms with Crippen LogP contribution < -0.4 is 16.8 Å². The minimum Gasteiger partial charge on any atom is -0.368 e. The standard InChI is InChI=1S/C26H30N4O4S/c1-19(27)24(25(28)31)29-26(32)23-12-10-21(11-13-23)5-3-2-4-20-6-8-22(9-7-20)18-30-14-16-35(33,34)17-15-30/h3,5-13,19,24H,14-18,27H2,1H3,(H2,28,31)(H,29,32)/t19-,24+/m1/s1. The number of carbonyl (C=O) groups is 2. The maximum absolute atomic E-state index is 12.3. The van der Waals surface area contributed by atoms with E-state index in [1.807, 2.05) is 30.3 Å². The number of primary amides is 1. The van der Waals surface area contributed by atoms with E-state index in [-0.39, 0.29) is 11.5 Å². The summed E-state index contributed by atoms with van der Waals surface area (Å²) in [5.74, 6) is 5.42. The molecule has 3 rings (SSSR count). The van der Waals surface area contributed by atoms with Crippen molar-refractivity contribution in [1.29, 1.82) is 0 Å². The van der Waals surface area contributed by atoms with E-state index < -0.39 is 33.7 Å². The van der Waals surface area contributed by atoms with Crippen LogP contribution in [0.3, 0.4) is 0 Å². The normalized spacial score (nSPS) is 17.2. The van der Waals surface area contributed by atoms with Crippen LogP contribution in [0.15, 0.2) is 54.6 Å². The van der Waals surface area contributed by atoms with Gasteiger partial charge in [0.2, 0.25) is 5.91 Å². The summed E-state index contributed by atoms with van der Waals surface area (Å²) in [7, 11) is -2.87. The summed E-state index contributed by atoms with van der Waals surface area (Å²) in [6.45, 7) is 3.47. The largest absolute Gasteiger partial charge is 0.368 e. The zero-order chi connectivity index (χ0) is 25.4. The van der Waals surface area contributed by atoms with Crippen LogP contribution in [-0.4, -0.2) is 61.8 Å². The Bertz CT molecular complexity index is 1230. The first-order valence-electron chi connectivity index (χ1n) is 11.3. The molecule has 0 aromatic heterocycles. The molecule has 184 valence electrons. The zero-order valence-electron chi connectivity index (χ0n) is 19.6. The number of hydrogen-bond acceptors (Lipinski definition) is 6. The van der Waals surface area contributed by atoms with Gasteiger partial charge in [0, 0.05) is 36.8 Å². The molecular weight excluding hydrogens is 464 g/mol. The lowest BCUT2D eigenvalue weighted by Gasteiger charge is -2.26. The van der Waals surface area contributed by atoms with Crippen LogP contribution in [0.25, 0.3) is 6.08 Å². The molecule has 9 heteroatoms. The van der Waals surface area contributed by atoms with Gasteiger partial charge in [-0.25, -0.2) is 8.42 Å². The lowest BCUT2D eigenvalue weighted by molar-refractivity contribution is -0.120. The number of carbonyl (C=O) groups excluding carboxylic acids is 2. The van der Waals surface area contributed by atoms with Gasteiger partial charge >= 0.3 is 0 Å². The molecule has 0 unspecified atom stereocenters. The first-order valence-corrected chi connectivity index (χ1v) is 13.1. The van der Waals surface area contributed by atoms with Crippen LogP contribution in [-0.2, 0) is 21.2 Å². The highest BCUT2D eigenvalue weighted by Gasteiger charge is 2.23. The van der Waals surface area contributed by atoms with Crippen molar-refractivity contribution in [1.82, 2.24) is 10.2 Å². The van der Waals surface area contributed by atoms with Crippen molar-refractivity contribution >= 4 is 27.7 Å².